The van der Waals surface area contributed by atoms with E-state index in [1.807, 2.05) is 0 Å². The van der Waals surface area contributed by atoms with Crippen molar-refractivity contribution in [1.82, 2.24) is 9.97 Å². The molecule has 2 aromatic rings. The third-order valence-corrected chi connectivity index (χ3v) is 2.44. The molecule has 88 valence electrons. The summed E-state index contributed by atoms with van der Waals surface area (Å²) in [7, 11) is 0. The van der Waals surface area contributed by atoms with Gasteiger partial charge in [-0.2, -0.15) is 13.2 Å². The smallest absolute Gasteiger partial charge is 0.264 e. The van der Waals surface area contributed by atoms with Crippen LogP contribution in [-0.2, 0) is 6.18 Å². The predicted octanol–water partition coefficient (Wildman–Crippen LogP) is 3.82. The van der Waals surface area contributed by atoms with Gasteiger partial charge in [0.15, 0.2) is 0 Å². The lowest BCUT2D eigenvalue weighted by Gasteiger charge is -2.09. The molecule has 17 heavy (non-hydrogen) atoms. The summed E-state index contributed by atoms with van der Waals surface area (Å²) in [5.74, 6) is 0. The number of hydrogen-bond donors (Lipinski definition) is 0. The fourth-order valence-corrected chi connectivity index (χ4v) is 1.55. The lowest BCUT2D eigenvalue weighted by atomic mass is 10.1. The first-order valence-electron chi connectivity index (χ1n) is 4.61. The van der Waals surface area contributed by atoms with E-state index in [4.69, 9.17) is 11.6 Å². The first kappa shape index (κ1) is 11.9. The Hall–Kier alpha value is -1.62. The quantitative estimate of drug-likeness (QED) is 0.727. The number of halogens is 4. The Morgan fingerprint density at radius 3 is 2.47 bits per heavy atom. The fourth-order valence-electron chi connectivity index (χ4n) is 1.34. The van der Waals surface area contributed by atoms with E-state index < -0.39 is 16.9 Å². The topological polar surface area (TPSA) is 25.8 Å². The van der Waals surface area contributed by atoms with Crippen LogP contribution in [0.5, 0.6) is 0 Å². The van der Waals surface area contributed by atoms with Gasteiger partial charge in [-0.3, -0.25) is 4.98 Å². The van der Waals surface area contributed by atoms with Crippen LogP contribution < -0.4 is 0 Å². The standard InChI is InChI=1S/C11H6ClF3N2/c12-10-9(11(13,14)15)4-8(6-17-10)7-2-1-3-16-5-7/h1-6H. The lowest BCUT2D eigenvalue weighted by Crippen LogP contribution is -2.07. The first-order chi connectivity index (χ1) is 7.98. The molecule has 2 nitrogen and oxygen atoms in total. The van der Waals surface area contributed by atoms with E-state index in [-0.39, 0.29) is 0 Å². The summed E-state index contributed by atoms with van der Waals surface area (Å²) in [6.07, 6.45) is -0.223. The Morgan fingerprint density at radius 2 is 1.88 bits per heavy atom. The zero-order valence-corrected chi connectivity index (χ0v) is 9.13. The largest absolute Gasteiger partial charge is 0.419 e. The molecule has 0 amide bonds. The Bertz CT molecular complexity index is 526. The summed E-state index contributed by atoms with van der Waals surface area (Å²) in [4.78, 5) is 7.37. The molecule has 0 saturated carbocycles. The van der Waals surface area contributed by atoms with Crippen LogP contribution >= 0.6 is 11.6 Å². The predicted molar refractivity (Wildman–Crippen MR) is 57.5 cm³/mol. The van der Waals surface area contributed by atoms with Crippen LogP contribution in [0.15, 0.2) is 36.8 Å². The highest BCUT2D eigenvalue weighted by Gasteiger charge is 2.34. The number of nitrogens with zero attached hydrogens (tertiary/aromatic N) is 2. The maximum atomic E-state index is 12.6. The van der Waals surface area contributed by atoms with Gasteiger partial charge in [0, 0.05) is 29.7 Å². The summed E-state index contributed by atoms with van der Waals surface area (Å²) in [5, 5.41) is -0.551. The van der Waals surface area contributed by atoms with E-state index in [0.29, 0.717) is 11.1 Å². The molecule has 2 aromatic heterocycles. The van der Waals surface area contributed by atoms with Gasteiger partial charge in [0.25, 0.3) is 0 Å². The molecule has 0 atom stereocenters. The van der Waals surface area contributed by atoms with Crippen LogP contribution in [0, 0.1) is 0 Å². The Labute approximate surface area is 100 Å². The van der Waals surface area contributed by atoms with E-state index in [2.05, 4.69) is 9.97 Å². The Morgan fingerprint density at radius 1 is 1.12 bits per heavy atom. The molecule has 2 heterocycles. The number of rotatable bonds is 1. The Balaban J connectivity index is 2.53. The zero-order valence-electron chi connectivity index (χ0n) is 8.37. The van der Waals surface area contributed by atoms with Gasteiger partial charge in [0.05, 0.1) is 5.56 Å². The second kappa shape index (κ2) is 4.33. The number of pyridine rings is 2. The van der Waals surface area contributed by atoms with Crippen molar-refractivity contribution in [2.45, 2.75) is 6.18 Å². The molecule has 0 aromatic carbocycles. The van der Waals surface area contributed by atoms with Gasteiger partial charge in [-0.05, 0) is 12.1 Å². The molecule has 0 spiro atoms. The molecule has 0 aliphatic rings. The molecule has 2 rings (SSSR count). The second-order valence-corrected chi connectivity index (χ2v) is 3.66. The van der Waals surface area contributed by atoms with Crippen LogP contribution in [-0.4, -0.2) is 9.97 Å². The van der Waals surface area contributed by atoms with Crippen LogP contribution in [0.25, 0.3) is 11.1 Å². The van der Waals surface area contributed by atoms with Crippen molar-refractivity contribution in [1.29, 1.82) is 0 Å². The van der Waals surface area contributed by atoms with E-state index in [9.17, 15) is 13.2 Å². The third kappa shape index (κ3) is 2.55. The summed E-state index contributed by atoms with van der Waals surface area (Å²) in [6.45, 7) is 0. The highest BCUT2D eigenvalue weighted by molar-refractivity contribution is 6.30. The van der Waals surface area contributed by atoms with Gasteiger partial charge >= 0.3 is 6.18 Å². The van der Waals surface area contributed by atoms with Gasteiger partial charge in [0.1, 0.15) is 5.15 Å². The van der Waals surface area contributed by atoms with E-state index in [1.165, 1.54) is 18.6 Å². The molecule has 0 fully saturated rings. The minimum absolute atomic E-state index is 0.329. The molecular weight excluding hydrogens is 253 g/mol. The normalized spacial score (nSPS) is 11.5. The van der Waals surface area contributed by atoms with E-state index >= 15 is 0 Å². The van der Waals surface area contributed by atoms with Gasteiger partial charge in [-0.15, -0.1) is 0 Å². The zero-order chi connectivity index (χ0) is 12.5. The number of aromatic nitrogens is 2. The van der Waals surface area contributed by atoms with Crippen molar-refractivity contribution < 1.29 is 13.2 Å². The van der Waals surface area contributed by atoms with E-state index in [1.54, 1.807) is 12.1 Å². The van der Waals surface area contributed by atoms with Gasteiger partial charge < -0.3 is 0 Å². The molecule has 0 radical (unpaired) electrons. The maximum Gasteiger partial charge on any atom is 0.419 e. The molecule has 0 aliphatic carbocycles. The minimum Gasteiger partial charge on any atom is -0.264 e. The first-order valence-corrected chi connectivity index (χ1v) is 4.99. The van der Waals surface area contributed by atoms with Crippen molar-refractivity contribution >= 4 is 11.6 Å². The second-order valence-electron chi connectivity index (χ2n) is 3.30. The van der Waals surface area contributed by atoms with Gasteiger partial charge in [0.2, 0.25) is 0 Å². The average Bonchev–Trinajstić information content (AvgIpc) is 2.29. The average molecular weight is 259 g/mol. The molecule has 6 heteroatoms. The van der Waals surface area contributed by atoms with Crippen molar-refractivity contribution in [2.24, 2.45) is 0 Å². The number of alkyl halides is 3. The molecule has 0 aliphatic heterocycles. The van der Waals surface area contributed by atoms with E-state index in [0.717, 1.165) is 6.07 Å². The van der Waals surface area contributed by atoms with Crippen molar-refractivity contribution in [3.05, 3.63) is 47.5 Å². The van der Waals surface area contributed by atoms with Crippen LogP contribution in [0.4, 0.5) is 13.2 Å². The summed E-state index contributed by atoms with van der Waals surface area (Å²) < 4.78 is 37.8. The van der Waals surface area contributed by atoms with Crippen molar-refractivity contribution in [3.63, 3.8) is 0 Å². The summed E-state index contributed by atoms with van der Waals surface area (Å²) in [5.41, 5.74) is -0.0579. The molecule has 0 N–H and O–H groups in total. The third-order valence-electron chi connectivity index (χ3n) is 2.14. The number of hydrogen-bond acceptors (Lipinski definition) is 2. The van der Waals surface area contributed by atoms with Crippen LogP contribution in [0.3, 0.4) is 0 Å². The molecule has 0 bridgehead atoms. The molecular formula is C11H6ClF3N2. The van der Waals surface area contributed by atoms with Gasteiger partial charge in [-0.1, -0.05) is 17.7 Å². The van der Waals surface area contributed by atoms with Crippen molar-refractivity contribution in [2.75, 3.05) is 0 Å². The SMILES string of the molecule is FC(F)(F)c1cc(-c2cccnc2)cnc1Cl. The maximum absolute atomic E-state index is 12.6. The summed E-state index contributed by atoms with van der Waals surface area (Å²) in [6, 6.07) is 4.25. The summed E-state index contributed by atoms with van der Waals surface area (Å²) >= 11 is 5.42. The fraction of sp³-hybridized carbons (Fsp3) is 0.0909. The van der Waals surface area contributed by atoms with Crippen LogP contribution in [0.2, 0.25) is 5.15 Å². The highest BCUT2D eigenvalue weighted by atomic mass is 35.5. The monoisotopic (exact) mass is 258 g/mol. The van der Waals surface area contributed by atoms with Crippen molar-refractivity contribution in [3.8, 4) is 11.1 Å². The highest BCUT2D eigenvalue weighted by Crippen LogP contribution is 2.35. The minimum atomic E-state index is -4.51. The van der Waals surface area contributed by atoms with Gasteiger partial charge in [-0.25, -0.2) is 4.98 Å². The molecule has 0 unspecified atom stereocenters. The Kier molecular flexibility index (Phi) is 3.02. The molecule has 0 saturated heterocycles. The lowest BCUT2D eigenvalue weighted by molar-refractivity contribution is -0.137. The van der Waals surface area contributed by atoms with Crippen LogP contribution in [0.1, 0.15) is 5.56 Å².